The SMILES string of the molecule is O=C(Nc1ccc(-n2c(=O)[nH]c3ccccc3c2=O)cc1)NS(=O)(=O)c1nn[c]s1. The summed E-state index contributed by atoms with van der Waals surface area (Å²) in [6, 6.07) is 11.3. The first-order valence-electron chi connectivity index (χ1n) is 8.23. The van der Waals surface area contributed by atoms with Crippen LogP contribution in [0, 0.1) is 5.51 Å². The number of H-pyrrole nitrogens is 1. The topological polar surface area (TPSA) is 156 Å². The molecule has 0 spiro atoms. The zero-order chi connectivity index (χ0) is 21.3. The van der Waals surface area contributed by atoms with E-state index in [4.69, 9.17) is 0 Å². The number of benzene rings is 2. The molecule has 2 aromatic carbocycles. The molecule has 13 heteroatoms. The van der Waals surface area contributed by atoms with Gasteiger partial charge in [0.25, 0.3) is 19.9 Å². The Hall–Kier alpha value is -3.84. The maximum absolute atomic E-state index is 12.7. The first-order chi connectivity index (χ1) is 14.3. The van der Waals surface area contributed by atoms with Gasteiger partial charge in [-0.15, -0.1) is 10.2 Å². The third kappa shape index (κ3) is 3.70. The lowest BCUT2D eigenvalue weighted by Gasteiger charge is -2.09. The monoisotopic (exact) mass is 443 g/mol. The predicted molar refractivity (Wildman–Crippen MR) is 108 cm³/mol. The van der Waals surface area contributed by atoms with Gasteiger partial charge in [-0.05, 0) is 36.4 Å². The summed E-state index contributed by atoms with van der Waals surface area (Å²) in [5, 5.41) is 9.32. The van der Waals surface area contributed by atoms with Crippen LogP contribution in [0.15, 0.2) is 62.5 Å². The molecular formula is C17H11N6O5S2. The molecule has 2 aromatic heterocycles. The van der Waals surface area contributed by atoms with Gasteiger partial charge in [-0.3, -0.25) is 4.79 Å². The summed E-state index contributed by atoms with van der Waals surface area (Å²) in [7, 11) is -4.16. The first-order valence-corrected chi connectivity index (χ1v) is 10.5. The number of aromatic amines is 1. The minimum atomic E-state index is -4.16. The predicted octanol–water partition coefficient (Wildman–Crippen LogP) is 0.841. The van der Waals surface area contributed by atoms with Crippen molar-refractivity contribution >= 4 is 44.0 Å². The Balaban J connectivity index is 1.57. The fraction of sp³-hybridized carbons (Fsp3) is 0. The number of carbonyl (C=O) groups is 1. The summed E-state index contributed by atoms with van der Waals surface area (Å²) < 4.78 is 26.3. The van der Waals surface area contributed by atoms with Crippen LogP contribution < -0.4 is 21.3 Å². The molecule has 0 bridgehead atoms. The zero-order valence-electron chi connectivity index (χ0n) is 14.8. The number of amides is 2. The maximum Gasteiger partial charge on any atom is 0.333 e. The van der Waals surface area contributed by atoms with E-state index in [1.165, 1.54) is 24.3 Å². The summed E-state index contributed by atoms with van der Waals surface area (Å²) >= 11 is 0.639. The van der Waals surface area contributed by atoms with E-state index < -0.39 is 31.6 Å². The third-order valence-corrected chi connectivity index (χ3v) is 6.28. The molecule has 0 saturated carbocycles. The second-order valence-corrected chi connectivity index (χ2v) is 8.51. The molecule has 2 amide bonds. The Bertz CT molecular complexity index is 1460. The van der Waals surface area contributed by atoms with Gasteiger partial charge >= 0.3 is 11.7 Å². The van der Waals surface area contributed by atoms with Crippen molar-refractivity contribution in [1.82, 2.24) is 24.5 Å². The summed E-state index contributed by atoms with van der Waals surface area (Å²) in [6.07, 6.45) is 0. The highest BCUT2D eigenvalue weighted by Crippen LogP contribution is 2.13. The van der Waals surface area contributed by atoms with Crippen molar-refractivity contribution in [2.75, 3.05) is 5.32 Å². The molecule has 0 aliphatic heterocycles. The lowest BCUT2D eigenvalue weighted by Crippen LogP contribution is -2.34. The Morgan fingerprint density at radius 3 is 2.53 bits per heavy atom. The average molecular weight is 443 g/mol. The number of nitrogens with one attached hydrogen (secondary N) is 3. The van der Waals surface area contributed by atoms with Crippen molar-refractivity contribution < 1.29 is 13.2 Å². The zero-order valence-corrected chi connectivity index (χ0v) is 16.5. The molecular weight excluding hydrogens is 432 g/mol. The first kappa shape index (κ1) is 19.5. The molecule has 2 heterocycles. The summed E-state index contributed by atoms with van der Waals surface area (Å²) in [6.45, 7) is 0. The van der Waals surface area contributed by atoms with Crippen LogP contribution in [0.1, 0.15) is 0 Å². The van der Waals surface area contributed by atoms with Crippen LogP contribution in [0.4, 0.5) is 10.5 Å². The van der Waals surface area contributed by atoms with Gasteiger partial charge in [0.05, 0.1) is 16.6 Å². The average Bonchev–Trinajstić information content (AvgIpc) is 3.25. The van der Waals surface area contributed by atoms with Crippen LogP contribution in [0.25, 0.3) is 16.6 Å². The number of hydrogen-bond donors (Lipinski definition) is 3. The third-order valence-electron chi connectivity index (χ3n) is 3.95. The maximum atomic E-state index is 12.7. The van der Waals surface area contributed by atoms with Gasteiger partial charge < -0.3 is 10.3 Å². The van der Waals surface area contributed by atoms with E-state index in [9.17, 15) is 22.8 Å². The van der Waals surface area contributed by atoms with E-state index in [1.54, 1.807) is 29.0 Å². The Kier molecular flexibility index (Phi) is 4.89. The molecule has 30 heavy (non-hydrogen) atoms. The van der Waals surface area contributed by atoms with Crippen molar-refractivity contribution in [1.29, 1.82) is 0 Å². The highest BCUT2D eigenvalue weighted by atomic mass is 32.2. The van der Waals surface area contributed by atoms with Gasteiger partial charge in [-0.2, -0.15) is 8.42 Å². The van der Waals surface area contributed by atoms with Crippen molar-refractivity contribution in [2.24, 2.45) is 0 Å². The lowest BCUT2D eigenvalue weighted by atomic mass is 10.2. The minimum Gasteiger partial charge on any atom is -0.307 e. The summed E-state index contributed by atoms with van der Waals surface area (Å²) in [5.74, 6) is 0. The van der Waals surface area contributed by atoms with Gasteiger partial charge in [-0.25, -0.2) is 18.9 Å². The number of anilines is 1. The van der Waals surface area contributed by atoms with Crippen LogP contribution >= 0.6 is 11.3 Å². The van der Waals surface area contributed by atoms with Crippen LogP contribution in [0.3, 0.4) is 0 Å². The van der Waals surface area contributed by atoms with Crippen molar-refractivity contribution in [2.45, 2.75) is 4.34 Å². The molecule has 151 valence electrons. The number of hydrogen-bond acceptors (Lipinski definition) is 8. The van der Waals surface area contributed by atoms with Crippen LogP contribution in [0.5, 0.6) is 0 Å². The quantitative estimate of drug-likeness (QED) is 0.422. The fourth-order valence-electron chi connectivity index (χ4n) is 2.66. The molecule has 0 fully saturated rings. The number of urea groups is 1. The van der Waals surface area contributed by atoms with Gasteiger partial charge in [-0.1, -0.05) is 23.5 Å². The highest BCUT2D eigenvalue weighted by molar-refractivity contribution is 7.92. The summed E-state index contributed by atoms with van der Waals surface area (Å²) in [5.41, 5.74) is 2.10. The molecule has 0 saturated heterocycles. The minimum absolute atomic E-state index is 0.237. The molecule has 4 aromatic rings. The Morgan fingerprint density at radius 1 is 1.10 bits per heavy atom. The van der Waals surface area contributed by atoms with Crippen LogP contribution in [-0.4, -0.2) is 34.2 Å². The number of sulfonamides is 1. The standard InChI is InChI=1S/C17H11N6O5S2/c24-14-12-3-1-2-4-13(12)20-16(26)23(14)11-7-5-10(6-8-11)19-15(25)22-30(27,28)17-21-18-9-29-17/h1-8H,(H,20,26)(H2,19,22,25). The fourth-order valence-corrected chi connectivity index (χ4v) is 4.11. The van der Waals surface area contributed by atoms with Gasteiger partial charge in [0.15, 0.2) is 5.51 Å². The number of carbonyl (C=O) groups excluding carboxylic acids is 1. The number of rotatable bonds is 4. The van der Waals surface area contributed by atoms with Crippen molar-refractivity contribution in [3.05, 3.63) is 74.9 Å². The molecule has 3 N–H and O–H groups in total. The van der Waals surface area contributed by atoms with Crippen molar-refractivity contribution in [3.8, 4) is 5.69 Å². The molecule has 11 nitrogen and oxygen atoms in total. The van der Waals surface area contributed by atoms with E-state index in [-0.39, 0.29) is 11.4 Å². The second kappa shape index (κ2) is 7.53. The normalized spacial score (nSPS) is 11.3. The smallest absolute Gasteiger partial charge is 0.307 e. The molecule has 0 aliphatic rings. The van der Waals surface area contributed by atoms with Gasteiger partial charge in [0.1, 0.15) is 0 Å². The van der Waals surface area contributed by atoms with E-state index in [2.05, 4.69) is 26.0 Å². The Labute approximate surface area is 172 Å². The number of para-hydroxylation sites is 1. The van der Waals surface area contributed by atoms with E-state index in [0.717, 1.165) is 4.57 Å². The van der Waals surface area contributed by atoms with Gasteiger partial charge in [0.2, 0.25) is 0 Å². The number of aromatic nitrogens is 4. The van der Waals surface area contributed by atoms with Crippen molar-refractivity contribution in [3.63, 3.8) is 0 Å². The molecule has 1 radical (unpaired) electrons. The highest BCUT2D eigenvalue weighted by Gasteiger charge is 2.21. The molecule has 4 rings (SSSR count). The van der Waals surface area contributed by atoms with E-state index >= 15 is 0 Å². The molecule has 0 atom stereocenters. The van der Waals surface area contributed by atoms with Crippen LogP contribution in [-0.2, 0) is 10.0 Å². The number of nitrogens with zero attached hydrogens (tertiary/aromatic N) is 3. The number of fused-ring (bicyclic) bond motifs is 1. The van der Waals surface area contributed by atoms with Gasteiger partial charge in [0, 0.05) is 5.69 Å². The summed E-state index contributed by atoms with van der Waals surface area (Å²) in [4.78, 5) is 39.6. The van der Waals surface area contributed by atoms with E-state index in [1.807, 2.05) is 0 Å². The van der Waals surface area contributed by atoms with Crippen LogP contribution in [0.2, 0.25) is 0 Å². The molecule has 0 aliphatic carbocycles. The largest absolute Gasteiger partial charge is 0.333 e. The van der Waals surface area contributed by atoms with E-state index in [0.29, 0.717) is 22.2 Å². The lowest BCUT2D eigenvalue weighted by molar-refractivity contribution is 0.256. The Morgan fingerprint density at radius 2 is 1.83 bits per heavy atom. The molecule has 0 unspecified atom stereocenters. The second-order valence-electron chi connectivity index (χ2n) is 5.88.